The molecule has 0 unspecified atom stereocenters. The number of hydrogen-bond acceptors (Lipinski definition) is 0. The van der Waals surface area contributed by atoms with E-state index in [0.29, 0.717) is 0 Å². The zero-order chi connectivity index (χ0) is 15.4. The van der Waals surface area contributed by atoms with Gasteiger partial charge in [0.2, 0.25) is 0 Å². The fourth-order valence-electron chi connectivity index (χ4n) is 4.01. The second kappa shape index (κ2) is 7.35. The van der Waals surface area contributed by atoms with Crippen LogP contribution < -0.4 is 5.32 Å². The second-order valence-corrected chi connectivity index (χ2v) is 6.90. The van der Waals surface area contributed by atoms with E-state index in [-0.39, 0.29) is 0 Å². The van der Waals surface area contributed by atoms with Gasteiger partial charge in [0, 0.05) is 11.3 Å². The predicted molar refractivity (Wildman–Crippen MR) is 95.5 cm³/mol. The summed E-state index contributed by atoms with van der Waals surface area (Å²) in [6, 6.07) is 4.67. The van der Waals surface area contributed by atoms with Gasteiger partial charge in [-0.25, -0.2) is 0 Å². The van der Waals surface area contributed by atoms with Gasteiger partial charge in [-0.3, -0.25) is 5.32 Å². The number of fused-ring (bicyclic) bond motifs is 2. The minimum Gasteiger partial charge on any atom is -0.253 e. The number of rotatable bonds is 8. The molecule has 1 aliphatic carbocycles. The predicted octanol–water partition coefficient (Wildman–Crippen LogP) is 6.30. The Morgan fingerprint density at radius 3 is 2.45 bits per heavy atom. The van der Waals surface area contributed by atoms with Crippen LogP contribution in [0.15, 0.2) is 17.8 Å². The van der Waals surface area contributed by atoms with E-state index < -0.39 is 0 Å². The SMILES string of the molecule is CCCCCc1ccc2c(c1CCCCC)C1=C(CCC1)[N]2. The van der Waals surface area contributed by atoms with Crippen LogP contribution in [0.4, 0.5) is 5.69 Å². The molecule has 1 heterocycles. The molecule has 0 saturated carbocycles. The first kappa shape index (κ1) is 15.6. The standard InChI is InChI=1S/C21H30N/c1-3-5-7-10-16-14-15-20-21(17(16)11-8-6-4-2)18-12-9-13-19(18)22-20/h14-15H,3-13H2,1-2H3. The maximum absolute atomic E-state index is 4.92. The average Bonchev–Trinajstić information content (AvgIpc) is 3.09. The van der Waals surface area contributed by atoms with Gasteiger partial charge in [-0.1, -0.05) is 45.6 Å². The topological polar surface area (TPSA) is 14.1 Å². The molecule has 0 fully saturated rings. The van der Waals surface area contributed by atoms with E-state index in [1.54, 1.807) is 22.3 Å². The van der Waals surface area contributed by atoms with Crippen molar-refractivity contribution in [2.24, 2.45) is 0 Å². The highest BCUT2D eigenvalue weighted by Gasteiger charge is 2.29. The smallest absolute Gasteiger partial charge is 0.0711 e. The third kappa shape index (κ3) is 3.09. The number of aryl methyl sites for hydroxylation is 1. The van der Waals surface area contributed by atoms with E-state index >= 15 is 0 Å². The molecule has 3 rings (SSSR count). The van der Waals surface area contributed by atoms with Crippen molar-refractivity contribution in [3.05, 3.63) is 34.5 Å². The molecule has 1 nitrogen and oxygen atoms in total. The van der Waals surface area contributed by atoms with Gasteiger partial charge in [-0.15, -0.1) is 0 Å². The van der Waals surface area contributed by atoms with Crippen molar-refractivity contribution in [1.29, 1.82) is 0 Å². The Labute approximate surface area is 136 Å². The molecule has 1 aromatic rings. The van der Waals surface area contributed by atoms with E-state index in [9.17, 15) is 0 Å². The summed E-state index contributed by atoms with van der Waals surface area (Å²) in [7, 11) is 0. The summed E-state index contributed by atoms with van der Waals surface area (Å²) in [5.41, 5.74) is 9.08. The fourth-order valence-corrected chi connectivity index (χ4v) is 4.01. The largest absolute Gasteiger partial charge is 0.253 e. The number of hydrogen-bond donors (Lipinski definition) is 0. The van der Waals surface area contributed by atoms with Crippen LogP contribution in [0.3, 0.4) is 0 Å². The second-order valence-electron chi connectivity index (χ2n) is 6.90. The molecule has 0 atom stereocenters. The molecule has 0 amide bonds. The molecule has 2 aliphatic rings. The molecule has 1 aliphatic heterocycles. The van der Waals surface area contributed by atoms with Gasteiger partial charge in [0.15, 0.2) is 0 Å². The summed E-state index contributed by atoms with van der Waals surface area (Å²) in [5.74, 6) is 0. The molecule has 1 heteroatoms. The van der Waals surface area contributed by atoms with E-state index in [4.69, 9.17) is 5.32 Å². The monoisotopic (exact) mass is 296 g/mol. The van der Waals surface area contributed by atoms with Gasteiger partial charge < -0.3 is 0 Å². The Morgan fingerprint density at radius 1 is 0.909 bits per heavy atom. The van der Waals surface area contributed by atoms with Crippen LogP contribution in [-0.2, 0) is 12.8 Å². The minimum absolute atomic E-state index is 1.20. The lowest BCUT2D eigenvalue weighted by Crippen LogP contribution is -2.01. The third-order valence-corrected chi connectivity index (χ3v) is 5.21. The highest BCUT2D eigenvalue weighted by Crippen LogP contribution is 2.46. The average molecular weight is 296 g/mol. The van der Waals surface area contributed by atoms with Crippen LogP contribution in [0.1, 0.15) is 88.3 Å². The van der Waals surface area contributed by atoms with Crippen molar-refractivity contribution in [1.82, 2.24) is 5.32 Å². The van der Waals surface area contributed by atoms with Gasteiger partial charge in [-0.2, -0.15) is 0 Å². The lowest BCUT2D eigenvalue weighted by molar-refractivity contribution is 0.692. The quantitative estimate of drug-likeness (QED) is 0.500. The maximum atomic E-state index is 4.92. The minimum atomic E-state index is 1.20. The highest BCUT2D eigenvalue weighted by molar-refractivity contribution is 5.86. The lowest BCUT2D eigenvalue weighted by atomic mass is 9.89. The first-order valence-corrected chi connectivity index (χ1v) is 9.44. The van der Waals surface area contributed by atoms with Crippen LogP contribution in [0, 0.1) is 0 Å². The lowest BCUT2D eigenvalue weighted by Gasteiger charge is -2.16. The summed E-state index contributed by atoms with van der Waals surface area (Å²) >= 11 is 0. The van der Waals surface area contributed by atoms with Gasteiger partial charge in [0.1, 0.15) is 0 Å². The number of nitrogens with zero attached hydrogens (tertiary/aromatic N) is 1. The third-order valence-electron chi connectivity index (χ3n) is 5.21. The molecule has 119 valence electrons. The Morgan fingerprint density at radius 2 is 1.68 bits per heavy atom. The van der Waals surface area contributed by atoms with Crippen molar-refractivity contribution >= 4 is 11.3 Å². The summed E-state index contributed by atoms with van der Waals surface area (Å²) in [6.07, 6.45) is 14.2. The summed E-state index contributed by atoms with van der Waals surface area (Å²) in [6.45, 7) is 4.59. The molecular formula is C21H30N. The summed E-state index contributed by atoms with van der Waals surface area (Å²) in [5, 5.41) is 4.92. The number of allylic oxidation sites excluding steroid dienone is 2. The van der Waals surface area contributed by atoms with Gasteiger partial charge in [0.25, 0.3) is 0 Å². The highest BCUT2D eigenvalue weighted by atomic mass is 14.9. The van der Waals surface area contributed by atoms with E-state index in [1.165, 1.54) is 82.0 Å². The van der Waals surface area contributed by atoms with Crippen molar-refractivity contribution in [3.8, 4) is 0 Å². The van der Waals surface area contributed by atoms with Crippen LogP contribution in [0.2, 0.25) is 0 Å². The Hall–Kier alpha value is -1.24. The van der Waals surface area contributed by atoms with Gasteiger partial charge in [0.05, 0.1) is 5.69 Å². The number of benzene rings is 1. The zero-order valence-electron chi connectivity index (χ0n) is 14.4. The first-order chi connectivity index (χ1) is 10.8. The fraction of sp³-hybridized carbons (Fsp3) is 0.619. The summed E-state index contributed by atoms with van der Waals surface area (Å²) in [4.78, 5) is 0. The normalized spacial score (nSPS) is 15.9. The first-order valence-electron chi connectivity index (χ1n) is 9.44. The van der Waals surface area contributed by atoms with Crippen molar-refractivity contribution < 1.29 is 0 Å². The maximum Gasteiger partial charge on any atom is 0.0711 e. The molecule has 0 saturated heterocycles. The molecule has 1 aromatic carbocycles. The molecule has 0 bridgehead atoms. The van der Waals surface area contributed by atoms with Gasteiger partial charge in [-0.05, 0) is 67.7 Å². The molecule has 0 aromatic heterocycles. The van der Waals surface area contributed by atoms with Crippen LogP contribution in [0.5, 0.6) is 0 Å². The van der Waals surface area contributed by atoms with Crippen LogP contribution in [-0.4, -0.2) is 0 Å². The Bertz CT molecular complexity index is 553. The molecule has 22 heavy (non-hydrogen) atoms. The summed E-state index contributed by atoms with van der Waals surface area (Å²) < 4.78 is 0. The van der Waals surface area contributed by atoms with Crippen molar-refractivity contribution in [2.45, 2.75) is 84.5 Å². The zero-order valence-corrected chi connectivity index (χ0v) is 14.4. The van der Waals surface area contributed by atoms with Crippen molar-refractivity contribution in [2.75, 3.05) is 0 Å². The van der Waals surface area contributed by atoms with E-state index in [2.05, 4.69) is 26.0 Å². The number of unbranched alkanes of at least 4 members (excludes halogenated alkanes) is 4. The Balaban J connectivity index is 1.88. The molecule has 0 spiro atoms. The van der Waals surface area contributed by atoms with Crippen LogP contribution >= 0.6 is 0 Å². The molecular weight excluding hydrogens is 266 g/mol. The van der Waals surface area contributed by atoms with Crippen LogP contribution in [0.25, 0.3) is 5.57 Å². The molecule has 1 radical (unpaired) electrons. The molecule has 0 N–H and O–H groups in total. The Kier molecular flexibility index (Phi) is 5.23. The van der Waals surface area contributed by atoms with E-state index in [1.807, 2.05) is 0 Å². The van der Waals surface area contributed by atoms with Gasteiger partial charge >= 0.3 is 0 Å². The van der Waals surface area contributed by atoms with Crippen molar-refractivity contribution in [3.63, 3.8) is 0 Å². The van der Waals surface area contributed by atoms with E-state index in [0.717, 1.165) is 0 Å².